The predicted octanol–water partition coefficient (Wildman–Crippen LogP) is 3.99. The molecule has 0 aliphatic rings. The van der Waals surface area contributed by atoms with E-state index in [4.69, 9.17) is 5.11 Å². The molecule has 4 radical (unpaired) electrons. The molecule has 0 unspecified atom stereocenters. The van der Waals surface area contributed by atoms with Crippen molar-refractivity contribution in [1.29, 1.82) is 0 Å². The number of hydrogen-bond donors (Lipinski definition) is 1. The zero-order valence-corrected chi connectivity index (χ0v) is 38.8. The molecule has 0 amide bonds. The summed E-state index contributed by atoms with van der Waals surface area (Å²) in [5.74, 6) is -4.21. The third-order valence-corrected chi connectivity index (χ3v) is 5.83. The summed E-state index contributed by atoms with van der Waals surface area (Å²) in [5.41, 5.74) is 1.07. The van der Waals surface area contributed by atoms with E-state index in [0.717, 1.165) is 0 Å². The third kappa shape index (κ3) is 40.1. The van der Waals surface area contributed by atoms with Crippen LogP contribution < -0.4 is 15.3 Å². The summed E-state index contributed by atoms with van der Waals surface area (Å²) in [6.07, 6.45) is 0. The van der Waals surface area contributed by atoms with Crippen LogP contribution in [0.25, 0.3) is 0 Å². The largest absolute Gasteiger partial charge is 3.00 e. The van der Waals surface area contributed by atoms with E-state index in [0.29, 0.717) is 5.56 Å². The fourth-order valence-corrected chi connectivity index (χ4v) is 3.33. The van der Waals surface area contributed by atoms with Crippen molar-refractivity contribution in [3.8, 4) is 0 Å². The molecule has 5 N–H and O–H groups in total. The second kappa shape index (κ2) is 47.9. The Kier molecular flexibility index (Phi) is 56.2. The maximum atomic E-state index is 10.1. The second-order valence-corrected chi connectivity index (χ2v) is 9.71. The van der Waals surface area contributed by atoms with Gasteiger partial charge in [-0.3, -0.25) is 0 Å². The minimum absolute atomic E-state index is 0. The summed E-state index contributed by atoms with van der Waals surface area (Å²) in [6, 6.07) is 65.4. The Morgan fingerprint density at radius 2 is 0.695 bits per heavy atom. The van der Waals surface area contributed by atoms with Gasteiger partial charge in [-0.15, -0.1) is 28.8 Å². The molecule has 0 bridgehead atoms. The number of rotatable bonds is 4. The first-order valence-electron chi connectivity index (χ1n) is 15.6. The van der Waals surface area contributed by atoms with Gasteiger partial charge in [0.2, 0.25) is 5.97 Å². The average Bonchev–Trinajstić information content (AvgIpc) is 4.03. The number of aromatic carboxylic acids is 4. The van der Waals surface area contributed by atoms with Gasteiger partial charge in [0, 0.05) is 11.9 Å². The Morgan fingerprint density at radius 1 is 0.441 bits per heavy atom. The van der Waals surface area contributed by atoms with E-state index in [1.807, 2.05) is 121 Å². The molecule has 15 heteroatoms. The van der Waals surface area contributed by atoms with Gasteiger partial charge in [0.25, 0.3) is 0 Å². The molecule has 8 aromatic carbocycles. The zero-order valence-electron chi connectivity index (χ0n) is 31.0. The fraction of sp³-hybridized carbons (Fsp3) is 0. The first kappa shape index (κ1) is 69.2. The molecule has 0 fully saturated rings. The van der Waals surface area contributed by atoms with Gasteiger partial charge < -0.3 is 50.6 Å². The van der Waals surface area contributed by atoms with Gasteiger partial charge in [-0.05, 0) is 5.97 Å². The van der Waals surface area contributed by atoms with Gasteiger partial charge in [0.05, 0.1) is 0 Å². The number of carboxylic acid groups (broad SMARTS) is 4. The first-order chi connectivity index (χ1) is 25.2. The Morgan fingerprint density at radius 3 is 0.797 bits per heavy atom. The molecular formula is C44H41BiFe4O10. The van der Waals surface area contributed by atoms with E-state index >= 15 is 0 Å². The molecule has 0 atom stereocenters. The van der Waals surface area contributed by atoms with E-state index in [-0.39, 0.29) is 122 Å². The molecule has 0 saturated heterocycles. The molecule has 0 spiro atoms. The smallest absolute Gasteiger partial charge is 0.603 e. The minimum atomic E-state index is -1.12. The Bertz CT molecular complexity index is 1510. The predicted molar refractivity (Wildman–Crippen MR) is 209 cm³/mol. The van der Waals surface area contributed by atoms with E-state index in [2.05, 4.69) is 0 Å². The second-order valence-electron chi connectivity index (χ2n) is 9.71. The molecular weight excluding hydrogens is 1120 g/mol. The quantitative estimate of drug-likeness (QED) is 0.200. The molecule has 0 aliphatic carbocycles. The summed E-state index contributed by atoms with van der Waals surface area (Å²) >= 11 is 0. The van der Waals surface area contributed by atoms with Crippen LogP contribution in [0.5, 0.6) is 0 Å². The van der Waals surface area contributed by atoms with E-state index in [1.165, 1.54) is 36.4 Å². The SMILES string of the molecule is O.O.O=C(O)c1ccc[cH-]1.O=C([O-])[c-]1cccc1.O=C([O-])[c-]1cccc1.O=C([O-])c1ccc[cH-]1.[Bi+2].[Fe+2].[Fe+2].[Fe+2].[Fe+3].c1cc[cH-]c1.c1cc[cH-]c1.c1cc[cH-]c1.c1cc[cH-]c1. The molecule has 0 saturated carbocycles. The van der Waals surface area contributed by atoms with Crippen LogP contribution in [-0.4, -0.2) is 66.1 Å². The van der Waals surface area contributed by atoms with E-state index in [1.54, 1.807) is 60.7 Å². The van der Waals surface area contributed by atoms with Crippen LogP contribution in [0.3, 0.4) is 0 Å². The summed E-state index contributed by atoms with van der Waals surface area (Å²) in [5, 5.41) is 38.1. The molecule has 59 heavy (non-hydrogen) atoms. The summed E-state index contributed by atoms with van der Waals surface area (Å²) in [4.78, 5) is 39.9. The average molecular weight is 1160 g/mol. The number of hydrogen-bond acceptors (Lipinski definition) is 7. The van der Waals surface area contributed by atoms with Crippen molar-refractivity contribution in [3.63, 3.8) is 0 Å². The molecule has 314 valence electrons. The zero-order chi connectivity index (χ0) is 38.1. The Labute approximate surface area is 406 Å². The van der Waals surface area contributed by atoms with Crippen molar-refractivity contribution < 1.29 is 119 Å². The van der Waals surface area contributed by atoms with Crippen LogP contribution in [0, 0.1) is 0 Å². The van der Waals surface area contributed by atoms with Crippen LogP contribution in [0.1, 0.15) is 41.4 Å². The third-order valence-electron chi connectivity index (χ3n) is 5.83. The molecule has 0 heterocycles. The molecule has 8 rings (SSSR count). The summed E-state index contributed by atoms with van der Waals surface area (Å²) in [7, 11) is 0. The topological polar surface area (TPSA) is 221 Å². The van der Waals surface area contributed by atoms with Crippen molar-refractivity contribution >= 4 is 50.1 Å². The van der Waals surface area contributed by atoms with Crippen LogP contribution in [-0.2, 0) is 68.3 Å². The minimum Gasteiger partial charge on any atom is -0.603 e. The van der Waals surface area contributed by atoms with Gasteiger partial charge in [-0.2, -0.15) is 133 Å². The van der Waals surface area contributed by atoms with Gasteiger partial charge in [-0.25, -0.2) is 72.8 Å². The van der Waals surface area contributed by atoms with Crippen LogP contribution in [0.2, 0.25) is 0 Å². The van der Waals surface area contributed by atoms with Gasteiger partial charge in [0.15, 0.2) is 0 Å². The van der Waals surface area contributed by atoms with Crippen molar-refractivity contribution in [3.05, 3.63) is 241 Å². The normalized spacial score (nSPS) is 7.59. The van der Waals surface area contributed by atoms with Crippen molar-refractivity contribution in [2.45, 2.75) is 0 Å². The number of carbonyl (C=O) groups is 4. The molecule has 0 aliphatic heterocycles. The van der Waals surface area contributed by atoms with Gasteiger partial charge in [0.1, 0.15) is 0 Å². The first-order valence-corrected chi connectivity index (χ1v) is 15.6. The summed E-state index contributed by atoms with van der Waals surface area (Å²) in [6.45, 7) is 0. The van der Waals surface area contributed by atoms with Crippen molar-refractivity contribution in [2.75, 3.05) is 0 Å². The van der Waals surface area contributed by atoms with Crippen molar-refractivity contribution in [2.24, 2.45) is 0 Å². The van der Waals surface area contributed by atoms with Crippen LogP contribution >= 0.6 is 0 Å². The number of carboxylic acids is 4. The fourth-order valence-electron chi connectivity index (χ4n) is 3.33. The molecule has 0 aromatic heterocycles. The van der Waals surface area contributed by atoms with Crippen LogP contribution in [0.15, 0.2) is 218 Å². The van der Waals surface area contributed by atoms with Gasteiger partial charge in [-0.1, -0.05) is 5.56 Å². The van der Waals surface area contributed by atoms with E-state index in [9.17, 15) is 34.5 Å². The standard InChI is InChI=1S/4C6H5O2.4C5H5.Bi.4Fe.2H2O/c4*7-6(8)5-3-1-2-4-5;4*1-2-4-5-3-1;;;;;;;/h4*1-4H,(H,7,8);4*1-5H;;;;;;2*1H2/q8*-1;4*+2;+3;;/p-3. The van der Waals surface area contributed by atoms with Gasteiger partial charge >= 0.3 is 94.5 Å². The Balaban J connectivity index is -0.000000104. The maximum absolute atomic E-state index is 10.1. The van der Waals surface area contributed by atoms with Crippen molar-refractivity contribution in [1.82, 2.24) is 0 Å². The van der Waals surface area contributed by atoms with Crippen LogP contribution in [0.4, 0.5) is 0 Å². The summed E-state index contributed by atoms with van der Waals surface area (Å²) < 4.78 is 0. The number of carbonyl (C=O) groups excluding carboxylic acids is 3. The monoisotopic (exact) mass is 1160 g/mol. The Hall–Kier alpha value is -4.44. The maximum Gasteiger partial charge on any atom is 3.00 e. The molecule has 10 nitrogen and oxygen atoms in total. The molecule has 8 aromatic rings. The van der Waals surface area contributed by atoms with E-state index < -0.39 is 23.9 Å².